The fourth-order valence-corrected chi connectivity index (χ4v) is 2.18. The summed E-state index contributed by atoms with van der Waals surface area (Å²) in [5.74, 6) is 1.66. The van der Waals surface area contributed by atoms with E-state index in [0.717, 1.165) is 17.7 Å². The zero-order valence-corrected chi connectivity index (χ0v) is 13.3. The third kappa shape index (κ3) is 3.28. The molecule has 0 radical (unpaired) electrons. The van der Waals surface area contributed by atoms with Crippen molar-refractivity contribution in [3.8, 4) is 17.6 Å². The number of nitrogens with zero attached hydrogens (tertiary/aromatic N) is 2. The van der Waals surface area contributed by atoms with Crippen LogP contribution in [0.2, 0.25) is 0 Å². The van der Waals surface area contributed by atoms with Crippen molar-refractivity contribution in [1.82, 2.24) is 9.97 Å². The minimum Gasteiger partial charge on any atom is -0.480 e. The van der Waals surface area contributed by atoms with Crippen molar-refractivity contribution in [2.75, 3.05) is 7.11 Å². The van der Waals surface area contributed by atoms with E-state index in [2.05, 4.69) is 45.8 Å². The predicted molar refractivity (Wildman–Crippen MR) is 81.5 cm³/mol. The van der Waals surface area contributed by atoms with Crippen LogP contribution >= 0.6 is 15.9 Å². The van der Waals surface area contributed by atoms with Crippen LogP contribution in [0.4, 0.5) is 0 Å². The van der Waals surface area contributed by atoms with Crippen LogP contribution in [0.3, 0.4) is 0 Å². The summed E-state index contributed by atoms with van der Waals surface area (Å²) in [6, 6.07) is 8.23. The Morgan fingerprint density at radius 3 is 2.75 bits per heavy atom. The lowest BCUT2D eigenvalue weighted by Gasteiger charge is -2.14. The largest absolute Gasteiger partial charge is 0.480 e. The molecular weight excluding hydrogens is 320 g/mol. The maximum atomic E-state index is 5.81. The first-order valence-electron chi connectivity index (χ1n) is 6.49. The highest BCUT2D eigenvalue weighted by atomic mass is 79.9. The smallest absolute Gasteiger partial charge is 0.325 e. The van der Waals surface area contributed by atoms with Crippen LogP contribution in [0.15, 0.2) is 34.9 Å². The topological polar surface area (TPSA) is 44.2 Å². The molecule has 0 aliphatic heterocycles. The Bertz CT molecular complexity index is 590. The van der Waals surface area contributed by atoms with Gasteiger partial charge in [0.15, 0.2) is 0 Å². The van der Waals surface area contributed by atoms with E-state index in [4.69, 9.17) is 9.47 Å². The predicted octanol–water partition coefficient (Wildman–Crippen LogP) is 4.55. The summed E-state index contributed by atoms with van der Waals surface area (Å²) in [6.45, 7) is 4.33. The van der Waals surface area contributed by atoms with Crippen LogP contribution < -0.4 is 9.47 Å². The number of aromatic nitrogens is 2. The Labute approximate surface area is 127 Å². The summed E-state index contributed by atoms with van der Waals surface area (Å²) in [6.07, 6.45) is 2.66. The van der Waals surface area contributed by atoms with Crippen molar-refractivity contribution in [3.05, 3.63) is 40.5 Å². The number of hydrogen-bond donors (Lipinski definition) is 0. The quantitative estimate of drug-likeness (QED) is 0.803. The van der Waals surface area contributed by atoms with Gasteiger partial charge in [-0.25, -0.2) is 4.98 Å². The van der Waals surface area contributed by atoms with Crippen LogP contribution in [0.1, 0.15) is 31.7 Å². The number of benzene rings is 1. The highest BCUT2D eigenvalue weighted by Crippen LogP contribution is 2.32. The maximum Gasteiger partial charge on any atom is 0.325 e. The maximum absolute atomic E-state index is 5.81. The van der Waals surface area contributed by atoms with Crippen molar-refractivity contribution in [3.63, 3.8) is 0 Å². The van der Waals surface area contributed by atoms with E-state index >= 15 is 0 Å². The van der Waals surface area contributed by atoms with Gasteiger partial charge < -0.3 is 9.47 Å². The second-order valence-electron chi connectivity index (χ2n) is 4.46. The molecule has 2 aromatic rings. The van der Waals surface area contributed by atoms with Gasteiger partial charge in [-0.1, -0.05) is 32.0 Å². The monoisotopic (exact) mass is 336 g/mol. The third-order valence-corrected chi connectivity index (χ3v) is 3.69. The molecule has 0 amide bonds. The summed E-state index contributed by atoms with van der Waals surface area (Å²) in [5, 5.41) is 0. The molecule has 0 bridgehead atoms. The number of rotatable bonds is 5. The van der Waals surface area contributed by atoms with E-state index < -0.39 is 0 Å². The van der Waals surface area contributed by atoms with Crippen LogP contribution in [0.5, 0.6) is 17.6 Å². The van der Waals surface area contributed by atoms with Gasteiger partial charge in [-0.05, 0) is 39.9 Å². The first-order valence-corrected chi connectivity index (χ1v) is 7.28. The van der Waals surface area contributed by atoms with E-state index in [9.17, 15) is 0 Å². The standard InChI is InChI=1S/C15H17BrN2O2/c1-4-10(2)11-7-5-6-8-13(11)20-15-17-9-12(16)14(18-15)19-3/h5-10H,4H2,1-3H3. The van der Waals surface area contributed by atoms with Gasteiger partial charge in [0.05, 0.1) is 17.8 Å². The fourth-order valence-electron chi connectivity index (χ4n) is 1.83. The van der Waals surface area contributed by atoms with Crippen LogP contribution in [-0.4, -0.2) is 17.1 Å². The molecule has 5 heteroatoms. The first kappa shape index (κ1) is 14.8. The fraction of sp³-hybridized carbons (Fsp3) is 0.333. The van der Waals surface area contributed by atoms with Crippen LogP contribution in [0.25, 0.3) is 0 Å². The lowest BCUT2D eigenvalue weighted by molar-refractivity contribution is 0.372. The van der Waals surface area contributed by atoms with Crippen molar-refractivity contribution in [2.45, 2.75) is 26.2 Å². The summed E-state index contributed by atoms with van der Waals surface area (Å²) < 4.78 is 11.6. The molecule has 0 aliphatic carbocycles. The van der Waals surface area contributed by atoms with Crippen molar-refractivity contribution in [1.29, 1.82) is 0 Å². The number of ether oxygens (including phenoxy) is 2. The van der Waals surface area contributed by atoms with Crippen LogP contribution in [-0.2, 0) is 0 Å². The summed E-state index contributed by atoms with van der Waals surface area (Å²) in [7, 11) is 1.56. The molecule has 0 N–H and O–H groups in total. The molecule has 1 unspecified atom stereocenters. The van der Waals surface area contributed by atoms with Crippen LogP contribution in [0, 0.1) is 0 Å². The molecule has 4 nitrogen and oxygen atoms in total. The number of halogens is 1. The van der Waals surface area contributed by atoms with E-state index in [0.29, 0.717) is 16.3 Å². The molecule has 1 heterocycles. The molecule has 0 saturated heterocycles. The normalized spacial score (nSPS) is 12.0. The lowest BCUT2D eigenvalue weighted by atomic mass is 9.98. The lowest BCUT2D eigenvalue weighted by Crippen LogP contribution is -1.99. The highest BCUT2D eigenvalue weighted by molar-refractivity contribution is 9.10. The molecule has 0 spiro atoms. The summed E-state index contributed by atoms with van der Waals surface area (Å²) >= 11 is 3.32. The minimum atomic E-state index is 0.279. The van der Waals surface area contributed by atoms with Crippen molar-refractivity contribution in [2.24, 2.45) is 0 Å². The molecule has 0 aliphatic rings. The van der Waals surface area contributed by atoms with Gasteiger partial charge in [-0.3, -0.25) is 0 Å². The Morgan fingerprint density at radius 1 is 1.30 bits per heavy atom. The van der Waals surface area contributed by atoms with Crippen molar-refractivity contribution >= 4 is 15.9 Å². The van der Waals surface area contributed by atoms with Gasteiger partial charge >= 0.3 is 6.01 Å². The molecule has 20 heavy (non-hydrogen) atoms. The molecule has 2 rings (SSSR count). The van der Waals surface area contributed by atoms with E-state index in [1.807, 2.05) is 18.2 Å². The molecular formula is C15H17BrN2O2. The van der Waals surface area contributed by atoms with E-state index in [1.54, 1.807) is 13.3 Å². The SMILES string of the molecule is CCC(C)c1ccccc1Oc1ncc(Br)c(OC)n1. The molecule has 1 aromatic heterocycles. The van der Waals surface area contributed by atoms with Gasteiger partial charge in [-0.15, -0.1) is 0 Å². The number of para-hydroxylation sites is 1. The molecule has 0 saturated carbocycles. The second-order valence-corrected chi connectivity index (χ2v) is 5.31. The third-order valence-electron chi connectivity index (χ3n) is 3.15. The average Bonchev–Trinajstić information content (AvgIpc) is 2.49. The first-order chi connectivity index (χ1) is 9.65. The molecule has 1 atom stereocenters. The molecule has 0 fully saturated rings. The zero-order chi connectivity index (χ0) is 14.5. The zero-order valence-electron chi connectivity index (χ0n) is 11.8. The Hall–Kier alpha value is -1.62. The summed E-state index contributed by atoms with van der Waals surface area (Å²) in [4.78, 5) is 8.36. The van der Waals surface area contributed by atoms with Crippen molar-refractivity contribution < 1.29 is 9.47 Å². The van der Waals surface area contributed by atoms with Gasteiger partial charge in [0.1, 0.15) is 5.75 Å². The molecule has 106 valence electrons. The number of hydrogen-bond acceptors (Lipinski definition) is 4. The highest BCUT2D eigenvalue weighted by Gasteiger charge is 2.12. The minimum absolute atomic E-state index is 0.279. The Kier molecular flexibility index (Phi) is 4.95. The van der Waals surface area contributed by atoms with Gasteiger partial charge in [-0.2, -0.15) is 4.98 Å². The van der Waals surface area contributed by atoms with Gasteiger partial charge in [0.2, 0.25) is 5.88 Å². The molecule has 1 aromatic carbocycles. The Balaban J connectivity index is 2.30. The number of methoxy groups -OCH3 is 1. The summed E-state index contributed by atoms with van der Waals surface area (Å²) in [5.41, 5.74) is 1.15. The van der Waals surface area contributed by atoms with E-state index in [1.165, 1.54) is 0 Å². The Morgan fingerprint density at radius 2 is 2.05 bits per heavy atom. The van der Waals surface area contributed by atoms with Gasteiger partial charge in [0.25, 0.3) is 0 Å². The van der Waals surface area contributed by atoms with E-state index in [-0.39, 0.29) is 6.01 Å². The average molecular weight is 337 g/mol. The second kappa shape index (κ2) is 6.70. The van der Waals surface area contributed by atoms with Gasteiger partial charge in [0, 0.05) is 0 Å².